The van der Waals surface area contributed by atoms with Crippen LogP contribution in [0.25, 0.3) is 11.3 Å². The SMILES string of the molecule is COc1ccc(/C(C=N)=C(/O)c2cc(OC)c(OC)c(OC)c2)cc1NC(=O)OCc1ccc(OC(=O)N2CCN(Cc3ccc(N4C(c5cc(C(C)C)c(O)cc5O)=NNC4O)cc3)CC2)cc1. The maximum atomic E-state index is 13.1. The maximum absolute atomic E-state index is 13.1. The molecule has 0 bridgehead atoms. The number of phenolic OH excluding ortho intramolecular Hbond substituents is 2. The van der Waals surface area contributed by atoms with Crippen molar-refractivity contribution in [3.8, 4) is 40.2 Å². The third-order valence-corrected chi connectivity index (χ3v) is 11.6. The molecule has 1 unspecified atom stereocenters. The van der Waals surface area contributed by atoms with E-state index in [9.17, 15) is 30.0 Å². The number of aromatic hydroxyl groups is 2. The van der Waals surface area contributed by atoms with Gasteiger partial charge in [0.05, 0.1) is 39.7 Å². The summed E-state index contributed by atoms with van der Waals surface area (Å²) in [6.07, 6.45) is -1.45. The molecule has 0 aromatic heterocycles. The van der Waals surface area contributed by atoms with Crippen LogP contribution < -0.4 is 39.3 Å². The molecule has 7 rings (SSSR count). The van der Waals surface area contributed by atoms with Gasteiger partial charge in [0.1, 0.15) is 35.4 Å². The molecular formula is C50H55N7O12. The number of carbonyl (C=O) groups excluding carboxylic acids is 2. The molecule has 5 aromatic rings. The number of methoxy groups -OCH3 is 4. The third kappa shape index (κ3) is 11.0. The molecule has 0 saturated carbocycles. The van der Waals surface area contributed by atoms with Crippen LogP contribution in [0.1, 0.15) is 53.1 Å². The number of allylic oxidation sites excluding steroid dienone is 1. The Morgan fingerprint density at radius 3 is 2.07 bits per heavy atom. The molecule has 1 atom stereocenters. The molecule has 362 valence electrons. The van der Waals surface area contributed by atoms with Gasteiger partial charge in [-0.2, -0.15) is 5.10 Å². The number of nitrogens with zero attached hydrogens (tertiary/aromatic N) is 4. The lowest BCUT2D eigenvalue weighted by atomic mass is 9.98. The minimum absolute atomic E-state index is 0.00703. The highest BCUT2D eigenvalue weighted by Gasteiger charge is 2.31. The van der Waals surface area contributed by atoms with E-state index in [2.05, 4.69) is 20.7 Å². The normalized spacial score (nSPS) is 15.1. The average molecular weight is 946 g/mol. The highest BCUT2D eigenvalue weighted by atomic mass is 16.6. The van der Waals surface area contributed by atoms with Crippen molar-refractivity contribution in [2.75, 3.05) is 64.8 Å². The van der Waals surface area contributed by atoms with E-state index < -0.39 is 18.5 Å². The van der Waals surface area contributed by atoms with Crippen LogP contribution >= 0.6 is 0 Å². The summed E-state index contributed by atoms with van der Waals surface area (Å²) < 4.78 is 32.8. The van der Waals surface area contributed by atoms with Crippen LogP contribution in [0.4, 0.5) is 21.0 Å². The van der Waals surface area contributed by atoms with Gasteiger partial charge in [-0.15, -0.1) is 0 Å². The number of aliphatic hydroxyl groups excluding tert-OH is 2. The summed E-state index contributed by atoms with van der Waals surface area (Å²) in [5.41, 5.74) is 7.03. The van der Waals surface area contributed by atoms with E-state index in [1.54, 1.807) is 70.5 Å². The van der Waals surface area contributed by atoms with Crippen LogP contribution in [-0.4, -0.2) is 115 Å². The highest BCUT2D eigenvalue weighted by molar-refractivity contribution is 6.17. The number of hydrazone groups is 1. The van der Waals surface area contributed by atoms with Crippen molar-refractivity contribution in [1.82, 2.24) is 15.2 Å². The number of hydrogen-bond donors (Lipinski definition) is 7. The number of hydrogen-bond acceptors (Lipinski definition) is 17. The Kier molecular flexibility index (Phi) is 15.3. The number of piperazine rings is 1. The minimum atomic E-state index is -1.16. The Morgan fingerprint density at radius 1 is 0.812 bits per heavy atom. The quantitative estimate of drug-likeness (QED) is 0.0289. The van der Waals surface area contributed by atoms with E-state index in [1.165, 1.54) is 34.5 Å². The molecule has 0 radical (unpaired) electrons. The molecule has 1 saturated heterocycles. The number of rotatable bonds is 16. The first kappa shape index (κ1) is 48.8. The lowest BCUT2D eigenvalue weighted by Gasteiger charge is -2.34. The van der Waals surface area contributed by atoms with Crippen LogP contribution in [0.2, 0.25) is 0 Å². The molecule has 69 heavy (non-hydrogen) atoms. The van der Waals surface area contributed by atoms with Crippen LogP contribution in [0.15, 0.2) is 96.1 Å². The second-order valence-corrected chi connectivity index (χ2v) is 16.3. The number of anilines is 2. The molecule has 2 amide bonds. The third-order valence-electron chi connectivity index (χ3n) is 11.6. The summed E-state index contributed by atoms with van der Waals surface area (Å²) in [7, 11) is 5.81. The van der Waals surface area contributed by atoms with Crippen molar-refractivity contribution >= 4 is 46.9 Å². The van der Waals surface area contributed by atoms with Crippen LogP contribution in [0, 0.1) is 5.41 Å². The van der Waals surface area contributed by atoms with E-state index in [0.717, 1.165) is 11.8 Å². The molecule has 2 heterocycles. The molecule has 0 spiro atoms. The van der Waals surface area contributed by atoms with Crippen molar-refractivity contribution in [3.63, 3.8) is 0 Å². The fourth-order valence-electron chi connectivity index (χ4n) is 7.89. The molecule has 19 heteroatoms. The Bertz CT molecular complexity index is 2710. The smallest absolute Gasteiger partial charge is 0.415 e. The number of ether oxygens (including phenoxy) is 6. The van der Waals surface area contributed by atoms with Gasteiger partial charge in [0.2, 0.25) is 12.1 Å². The van der Waals surface area contributed by atoms with Gasteiger partial charge in [-0.3, -0.25) is 20.5 Å². The summed E-state index contributed by atoms with van der Waals surface area (Å²) in [4.78, 5) is 31.6. The molecule has 1 fully saturated rings. The van der Waals surface area contributed by atoms with Crippen LogP contribution in [0.5, 0.6) is 40.2 Å². The lowest BCUT2D eigenvalue weighted by Crippen LogP contribution is -2.49. The van der Waals surface area contributed by atoms with Gasteiger partial charge in [0.25, 0.3) is 0 Å². The first-order chi connectivity index (χ1) is 33.2. The zero-order valence-electron chi connectivity index (χ0n) is 39.0. The van der Waals surface area contributed by atoms with E-state index in [1.807, 2.05) is 38.1 Å². The predicted molar refractivity (Wildman–Crippen MR) is 259 cm³/mol. The van der Waals surface area contributed by atoms with Gasteiger partial charge >= 0.3 is 12.2 Å². The molecule has 5 aromatic carbocycles. The molecule has 7 N–H and O–H groups in total. The molecule has 0 aliphatic carbocycles. The van der Waals surface area contributed by atoms with Gasteiger partial charge < -0.3 is 59.2 Å². The number of aliphatic hydroxyl groups is 2. The zero-order chi connectivity index (χ0) is 49.4. The van der Waals surface area contributed by atoms with Crippen molar-refractivity contribution in [1.29, 1.82) is 5.41 Å². The topological polar surface area (TPSA) is 240 Å². The second-order valence-electron chi connectivity index (χ2n) is 16.3. The molecular weight excluding hydrogens is 891 g/mol. The summed E-state index contributed by atoms with van der Waals surface area (Å²) in [5.74, 6) is 1.48. The van der Waals surface area contributed by atoms with Crippen molar-refractivity contribution in [2.45, 2.75) is 39.3 Å². The Labute approximate surface area is 398 Å². The maximum Gasteiger partial charge on any atom is 0.415 e. The minimum Gasteiger partial charge on any atom is -0.508 e. The van der Waals surface area contributed by atoms with Gasteiger partial charge in [0.15, 0.2) is 17.3 Å². The highest BCUT2D eigenvalue weighted by Crippen LogP contribution is 2.41. The van der Waals surface area contributed by atoms with Crippen LogP contribution in [-0.2, 0) is 17.9 Å². The zero-order valence-corrected chi connectivity index (χ0v) is 39.0. The van der Waals surface area contributed by atoms with E-state index in [-0.39, 0.29) is 41.0 Å². The summed E-state index contributed by atoms with van der Waals surface area (Å²) in [5, 5.41) is 58.1. The number of amidine groups is 1. The standard InChI is InChI=1S/C50H55N7O12/c1-29(2)36-24-37(41(59)25-40(36)58)47-53-54-48(61)57(47)34-12-7-30(8-13-34)27-55-17-19-56(20-18-55)50(63)69-35-14-9-31(10-15-35)28-68-49(62)52-39-21-32(11-16-42(39)64-3)38(26-51)45(60)33-22-43(65-4)46(67-6)44(23-33)66-5/h7-16,21-26,29,48,51,54,58-61H,17-20,27-28H2,1-6H3,(H,52,62)/b45-38+,51-26?. The molecule has 2 aliphatic heterocycles. The predicted octanol–water partition coefficient (Wildman–Crippen LogP) is 7.44. The van der Waals surface area contributed by atoms with Crippen LogP contribution in [0.3, 0.4) is 0 Å². The van der Waals surface area contributed by atoms with Gasteiger partial charge in [-0.1, -0.05) is 44.2 Å². The number of benzene rings is 5. The number of carbonyl (C=O) groups is 2. The summed E-state index contributed by atoms with van der Waals surface area (Å²) >= 11 is 0. The van der Waals surface area contributed by atoms with Crippen molar-refractivity contribution in [2.24, 2.45) is 5.10 Å². The number of nitrogens with one attached hydrogen (secondary N) is 3. The van der Waals surface area contributed by atoms with Crippen molar-refractivity contribution in [3.05, 3.63) is 124 Å². The Balaban J connectivity index is 0.890. The molecule has 2 aliphatic rings. The second kappa shape index (κ2) is 21.6. The van der Waals surface area contributed by atoms with Crippen molar-refractivity contribution < 1.29 is 58.4 Å². The van der Waals surface area contributed by atoms with Gasteiger partial charge in [-0.25, -0.2) is 9.59 Å². The van der Waals surface area contributed by atoms with E-state index in [0.29, 0.717) is 101 Å². The average Bonchev–Trinajstić information content (AvgIpc) is 3.74. The fourth-order valence-corrected chi connectivity index (χ4v) is 7.89. The number of amides is 2. The number of phenols is 2. The monoisotopic (exact) mass is 945 g/mol. The van der Waals surface area contributed by atoms with E-state index in [4.69, 9.17) is 33.8 Å². The fraction of sp³-hybridized carbons (Fsp3) is 0.280. The first-order valence-corrected chi connectivity index (χ1v) is 21.9. The van der Waals surface area contributed by atoms with E-state index >= 15 is 0 Å². The largest absolute Gasteiger partial charge is 0.508 e. The Hall–Kier alpha value is -8.16. The summed E-state index contributed by atoms with van der Waals surface area (Å²) in [6, 6.07) is 25.1. The molecule has 19 nitrogen and oxygen atoms in total. The first-order valence-electron chi connectivity index (χ1n) is 21.9. The van der Waals surface area contributed by atoms with Gasteiger partial charge in [-0.05, 0) is 82.8 Å². The Morgan fingerprint density at radius 2 is 1.46 bits per heavy atom. The van der Waals surface area contributed by atoms with Gasteiger partial charge in [0, 0.05) is 61.8 Å². The lowest BCUT2D eigenvalue weighted by molar-refractivity contribution is 0.108. The summed E-state index contributed by atoms with van der Waals surface area (Å²) in [6.45, 7) is 6.55.